The summed E-state index contributed by atoms with van der Waals surface area (Å²) in [4.78, 5) is 13.8. The summed E-state index contributed by atoms with van der Waals surface area (Å²) < 4.78 is 6.39. The van der Waals surface area contributed by atoms with Crippen molar-refractivity contribution >= 4 is 11.6 Å². The van der Waals surface area contributed by atoms with E-state index in [9.17, 15) is 15.0 Å². The van der Waals surface area contributed by atoms with Gasteiger partial charge in [0.1, 0.15) is 11.4 Å². The number of aryl methyl sites for hydroxylation is 1. The fourth-order valence-electron chi connectivity index (χ4n) is 4.60. The zero-order chi connectivity index (χ0) is 22.0. The van der Waals surface area contributed by atoms with E-state index in [0.29, 0.717) is 19.4 Å². The summed E-state index contributed by atoms with van der Waals surface area (Å²) in [6, 6.07) is 13.4. The molecule has 0 unspecified atom stereocenters. The van der Waals surface area contributed by atoms with Crippen LogP contribution in [0.5, 0.6) is 5.75 Å². The maximum Gasteiger partial charge on any atom is 0.224 e. The summed E-state index contributed by atoms with van der Waals surface area (Å²) in [5.74, 6) is 0.774. The van der Waals surface area contributed by atoms with Gasteiger partial charge in [0, 0.05) is 43.7 Å². The van der Waals surface area contributed by atoms with Crippen molar-refractivity contribution < 1.29 is 19.7 Å². The third kappa shape index (κ3) is 4.92. The van der Waals surface area contributed by atoms with E-state index in [1.165, 1.54) is 0 Å². The molecule has 4 rings (SSSR count). The highest BCUT2D eigenvalue weighted by Gasteiger charge is 2.43. The molecule has 1 spiro atoms. The topological polar surface area (TPSA) is 82.0 Å². The number of likely N-dealkylation sites (tertiary alicyclic amines) is 1. The lowest BCUT2D eigenvalue weighted by atomic mass is 9.81. The number of fused-ring (bicyclic) bond motifs is 1. The molecule has 166 valence electrons. The average molecular weight is 425 g/mol. The number of nitrogens with one attached hydrogen (secondary N) is 1. The Morgan fingerprint density at radius 1 is 1.23 bits per heavy atom. The van der Waals surface area contributed by atoms with Crippen LogP contribution in [0.15, 0.2) is 42.5 Å². The first-order valence-corrected chi connectivity index (χ1v) is 11.2. The minimum absolute atomic E-state index is 0.0247. The normalized spacial score (nSPS) is 21.2. The lowest BCUT2D eigenvalue weighted by Crippen LogP contribution is -2.51. The second kappa shape index (κ2) is 8.99. The molecular weight excluding hydrogens is 392 g/mol. The van der Waals surface area contributed by atoms with Crippen molar-refractivity contribution in [2.75, 3.05) is 25.0 Å². The first kappa shape index (κ1) is 21.8. The van der Waals surface area contributed by atoms with E-state index in [1.807, 2.05) is 56.3 Å². The number of anilines is 1. The highest BCUT2D eigenvalue weighted by atomic mass is 16.5. The molecule has 0 aromatic heterocycles. The maximum atomic E-state index is 11.5. The number of benzene rings is 2. The summed E-state index contributed by atoms with van der Waals surface area (Å²) in [5, 5.41) is 24.2. The molecule has 1 amide bonds. The van der Waals surface area contributed by atoms with E-state index in [-0.39, 0.29) is 11.5 Å². The molecule has 3 N–H and O–H groups in total. The fraction of sp³-hybridized carbons (Fsp3) is 0.480. The van der Waals surface area contributed by atoms with Crippen molar-refractivity contribution in [3.63, 3.8) is 0 Å². The number of rotatable bonds is 5. The predicted molar refractivity (Wildman–Crippen MR) is 120 cm³/mol. The van der Waals surface area contributed by atoms with Crippen molar-refractivity contribution in [2.24, 2.45) is 0 Å². The van der Waals surface area contributed by atoms with Crippen LogP contribution in [-0.4, -0.2) is 46.3 Å². The number of nitrogens with zero attached hydrogens (tertiary/aromatic N) is 1. The maximum absolute atomic E-state index is 11.5. The predicted octanol–water partition coefficient (Wildman–Crippen LogP) is 3.73. The lowest BCUT2D eigenvalue weighted by Gasteiger charge is -2.46. The molecule has 1 saturated heterocycles. The molecule has 0 radical (unpaired) electrons. The Bertz CT molecular complexity index is 920. The van der Waals surface area contributed by atoms with Gasteiger partial charge >= 0.3 is 0 Å². The number of ether oxygens (including phenoxy) is 1. The van der Waals surface area contributed by atoms with E-state index in [0.717, 1.165) is 54.1 Å². The van der Waals surface area contributed by atoms with Gasteiger partial charge in [-0.2, -0.15) is 0 Å². The summed E-state index contributed by atoms with van der Waals surface area (Å²) in [5.41, 5.74) is 3.26. The number of amides is 1. The number of hydrogen-bond acceptors (Lipinski definition) is 5. The van der Waals surface area contributed by atoms with Gasteiger partial charge in [-0.25, -0.2) is 0 Å². The third-order valence-corrected chi connectivity index (χ3v) is 6.51. The van der Waals surface area contributed by atoms with Gasteiger partial charge in [0.05, 0.1) is 12.2 Å². The van der Waals surface area contributed by atoms with Crippen LogP contribution in [0.1, 0.15) is 61.5 Å². The van der Waals surface area contributed by atoms with Crippen LogP contribution in [0.3, 0.4) is 0 Å². The highest BCUT2D eigenvalue weighted by molar-refractivity contribution is 5.90. The van der Waals surface area contributed by atoms with Gasteiger partial charge < -0.3 is 25.2 Å². The van der Waals surface area contributed by atoms with E-state index >= 15 is 0 Å². The summed E-state index contributed by atoms with van der Waals surface area (Å²) in [7, 11) is 0. The molecule has 0 bridgehead atoms. The molecule has 2 aliphatic rings. The van der Waals surface area contributed by atoms with E-state index < -0.39 is 12.2 Å². The van der Waals surface area contributed by atoms with E-state index in [4.69, 9.17) is 4.74 Å². The number of piperidine rings is 1. The van der Waals surface area contributed by atoms with Crippen LogP contribution in [0.4, 0.5) is 5.69 Å². The van der Waals surface area contributed by atoms with Gasteiger partial charge in [-0.3, -0.25) is 4.79 Å². The Morgan fingerprint density at radius 3 is 2.61 bits per heavy atom. The second-order valence-electron chi connectivity index (χ2n) is 8.89. The van der Waals surface area contributed by atoms with Gasteiger partial charge in [0.15, 0.2) is 0 Å². The molecule has 6 heteroatoms. The molecule has 31 heavy (non-hydrogen) atoms. The number of aliphatic hydroxyl groups excluding tert-OH is 2. The SMILES string of the molecule is CCC(=O)Nc1ccc([C@@H](O)CN2CCC3(CC2)C[C@@H](O)c2cc(C)ccc2O3)cc1. The number of hydrogen-bond donors (Lipinski definition) is 3. The van der Waals surface area contributed by atoms with Gasteiger partial charge in [0.2, 0.25) is 5.91 Å². The van der Waals surface area contributed by atoms with Crippen molar-refractivity contribution in [1.82, 2.24) is 4.90 Å². The summed E-state index contributed by atoms with van der Waals surface area (Å²) in [6.45, 7) is 6.02. The quantitative estimate of drug-likeness (QED) is 0.681. The zero-order valence-corrected chi connectivity index (χ0v) is 18.3. The first-order valence-electron chi connectivity index (χ1n) is 11.2. The van der Waals surface area contributed by atoms with Crippen molar-refractivity contribution in [1.29, 1.82) is 0 Å². The smallest absolute Gasteiger partial charge is 0.224 e. The van der Waals surface area contributed by atoms with Crippen LogP contribution in [-0.2, 0) is 4.79 Å². The van der Waals surface area contributed by atoms with Crippen molar-refractivity contribution in [3.8, 4) is 5.75 Å². The second-order valence-corrected chi connectivity index (χ2v) is 8.89. The van der Waals surface area contributed by atoms with Gasteiger partial charge in [-0.15, -0.1) is 0 Å². The van der Waals surface area contributed by atoms with Crippen molar-refractivity contribution in [3.05, 3.63) is 59.2 Å². The molecule has 6 nitrogen and oxygen atoms in total. The Morgan fingerprint density at radius 2 is 1.94 bits per heavy atom. The standard InChI is InChI=1S/C25H32N2O4/c1-3-24(30)26-19-7-5-18(6-8-19)22(29)16-27-12-10-25(11-13-27)15-21(28)20-14-17(2)4-9-23(20)31-25/h4-9,14,21-22,28-29H,3,10-13,15-16H2,1-2H3,(H,26,30)/t21-,22+/m1/s1. The Labute approximate surface area is 183 Å². The molecule has 2 aromatic carbocycles. The van der Waals surface area contributed by atoms with Crippen LogP contribution >= 0.6 is 0 Å². The largest absolute Gasteiger partial charge is 0.487 e. The first-order chi connectivity index (χ1) is 14.9. The van der Waals surface area contributed by atoms with Gasteiger partial charge in [0.25, 0.3) is 0 Å². The average Bonchev–Trinajstić information content (AvgIpc) is 2.76. The minimum Gasteiger partial charge on any atom is -0.487 e. The third-order valence-electron chi connectivity index (χ3n) is 6.51. The Kier molecular flexibility index (Phi) is 6.32. The number of carbonyl (C=O) groups excluding carboxylic acids is 1. The number of aliphatic hydroxyl groups is 2. The summed E-state index contributed by atoms with van der Waals surface area (Å²) >= 11 is 0. The molecule has 0 saturated carbocycles. The number of β-amino-alcohol motifs (C(OH)–C–C–N with tert-alkyl or cyclic N) is 1. The van der Waals surface area contributed by atoms with E-state index in [2.05, 4.69) is 10.2 Å². The minimum atomic E-state index is -0.591. The van der Waals surface area contributed by atoms with Crippen LogP contribution in [0.2, 0.25) is 0 Å². The highest BCUT2D eigenvalue weighted by Crippen LogP contribution is 2.44. The molecule has 2 heterocycles. The molecule has 2 atom stereocenters. The molecule has 2 aromatic rings. The number of carbonyl (C=O) groups is 1. The summed E-state index contributed by atoms with van der Waals surface area (Å²) in [6.07, 6.45) is 1.62. The van der Waals surface area contributed by atoms with Gasteiger partial charge in [-0.1, -0.05) is 30.7 Å². The molecule has 2 aliphatic heterocycles. The Hall–Kier alpha value is -2.41. The van der Waals surface area contributed by atoms with Crippen molar-refractivity contribution in [2.45, 2.75) is 57.3 Å². The van der Waals surface area contributed by atoms with E-state index in [1.54, 1.807) is 0 Å². The Balaban J connectivity index is 1.33. The fourth-order valence-corrected chi connectivity index (χ4v) is 4.60. The van der Waals surface area contributed by atoms with Crippen LogP contribution in [0, 0.1) is 6.92 Å². The molecule has 1 fully saturated rings. The zero-order valence-electron chi connectivity index (χ0n) is 18.3. The van der Waals surface area contributed by atoms with Gasteiger partial charge in [-0.05, 0) is 49.6 Å². The molecule has 0 aliphatic carbocycles. The monoisotopic (exact) mass is 424 g/mol. The lowest BCUT2D eigenvalue weighted by molar-refractivity contribution is -0.115. The van der Waals surface area contributed by atoms with Crippen LogP contribution < -0.4 is 10.1 Å². The molecular formula is C25H32N2O4. The van der Waals surface area contributed by atoms with Crippen LogP contribution in [0.25, 0.3) is 0 Å².